The highest BCUT2D eigenvalue weighted by atomic mass is 19.3. The van der Waals surface area contributed by atoms with Crippen LogP contribution in [0.25, 0.3) is 0 Å². The van der Waals surface area contributed by atoms with E-state index < -0.39 is 11.8 Å². The topological polar surface area (TPSA) is 20.2 Å². The van der Waals surface area contributed by atoms with Gasteiger partial charge in [0.05, 0.1) is 0 Å². The summed E-state index contributed by atoms with van der Waals surface area (Å²) in [7, 11) is 0. The van der Waals surface area contributed by atoms with Crippen molar-refractivity contribution in [2.24, 2.45) is 5.92 Å². The fraction of sp³-hybridized carbons (Fsp3) is 1.00. The molecule has 0 radical (unpaired) electrons. The second-order valence-corrected chi connectivity index (χ2v) is 2.17. The van der Waals surface area contributed by atoms with E-state index in [9.17, 15) is 8.78 Å². The first-order valence-electron chi connectivity index (χ1n) is 2.65. The molecule has 1 aliphatic carbocycles. The van der Waals surface area contributed by atoms with Crippen molar-refractivity contribution in [1.82, 2.24) is 0 Å². The van der Waals surface area contributed by atoms with Crippen LogP contribution in [-0.2, 0) is 0 Å². The molecule has 0 aliphatic heterocycles. The predicted octanol–water partition coefficient (Wildman–Crippen LogP) is 1.02. The van der Waals surface area contributed by atoms with Gasteiger partial charge in [-0.2, -0.15) is 0 Å². The van der Waals surface area contributed by atoms with Crippen LogP contribution >= 0.6 is 0 Å². The van der Waals surface area contributed by atoms with Gasteiger partial charge in [-0.25, -0.2) is 8.78 Å². The molecule has 1 nitrogen and oxygen atoms in total. The molecule has 8 heavy (non-hydrogen) atoms. The molecule has 0 heterocycles. The zero-order chi connectivity index (χ0) is 6.20. The van der Waals surface area contributed by atoms with E-state index in [1.54, 1.807) is 0 Å². The molecule has 1 rings (SSSR count). The second kappa shape index (κ2) is 1.65. The first-order valence-corrected chi connectivity index (χ1v) is 2.65. The van der Waals surface area contributed by atoms with Crippen molar-refractivity contribution in [3.8, 4) is 0 Å². The molecule has 0 bridgehead atoms. The molecule has 3 heteroatoms. The molecule has 1 saturated carbocycles. The van der Waals surface area contributed by atoms with Gasteiger partial charge in [0.25, 0.3) is 5.92 Å². The van der Waals surface area contributed by atoms with E-state index in [1.807, 2.05) is 0 Å². The lowest BCUT2D eigenvalue weighted by Gasteiger charge is -1.90. The van der Waals surface area contributed by atoms with Crippen molar-refractivity contribution in [1.29, 1.82) is 0 Å². The number of aliphatic hydroxyl groups is 1. The van der Waals surface area contributed by atoms with Gasteiger partial charge in [0, 0.05) is 18.9 Å². The third-order valence-corrected chi connectivity index (χ3v) is 1.43. The Labute approximate surface area is 46.3 Å². The fourth-order valence-electron chi connectivity index (χ4n) is 0.739. The van der Waals surface area contributed by atoms with Crippen molar-refractivity contribution in [3.63, 3.8) is 0 Å². The summed E-state index contributed by atoms with van der Waals surface area (Å²) in [6.45, 7) is -0.111. The summed E-state index contributed by atoms with van der Waals surface area (Å²) in [5.41, 5.74) is 0. The Morgan fingerprint density at radius 1 is 1.62 bits per heavy atom. The molecule has 1 fully saturated rings. The lowest BCUT2D eigenvalue weighted by molar-refractivity contribution is 0.0918. The van der Waals surface area contributed by atoms with Crippen LogP contribution in [-0.4, -0.2) is 17.6 Å². The molecule has 0 aromatic heterocycles. The van der Waals surface area contributed by atoms with E-state index in [-0.39, 0.29) is 19.4 Å². The lowest BCUT2D eigenvalue weighted by atomic mass is 10.3. The van der Waals surface area contributed by atoms with Crippen LogP contribution in [0.1, 0.15) is 12.8 Å². The van der Waals surface area contributed by atoms with Crippen LogP contribution in [0.5, 0.6) is 0 Å². The minimum absolute atomic E-state index is 0.0203. The van der Waals surface area contributed by atoms with E-state index in [2.05, 4.69) is 0 Å². The maximum Gasteiger partial charge on any atom is 0.251 e. The van der Waals surface area contributed by atoms with Gasteiger partial charge in [0.1, 0.15) is 0 Å². The van der Waals surface area contributed by atoms with E-state index in [0.29, 0.717) is 0 Å². The standard InChI is InChI=1S/C5H8F2O/c6-5(7)3-4(5)1-2-8/h4,8H,1-3H2/t4-/m1/s1. The molecular formula is C5H8F2O. The largest absolute Gasteiger partial charge is 0.396 e. The van der Waals surface area contributed by atoms with Gasteiger partial charge in [-0.15, -0.1) is 0 Å². The summed E-state index contributed by atoms with van der Waals surface area (Å²) in [6, 6.07) is 0. The molecule has 1 atom stereocenters. The number of aliphatic hydroxyl groups excluding tert-OH is 1. The molecule has 0 spiro atoms. The molecular weight excluding hydrogens is 114 g/mol. The van der Waals surface area contributed by atoms with Gasteiger partial charge < -0.3 is 5.11 Å². The molecule has 0 saturated heterocycles. The predicted molar refractivity (Wildman–Crippen MR) is 24.8 cm³/mol. The third-order valence-electron chi connectivity index (χ3n) is 1.43. The minimum Gasteiger partial charge on any atom is -0.396 e. The van der Waals surface area contributed by atoms with E-state index in [0.717, 1.165) is 0 Å². The second-order valence-electron chi connectivity index (χ2n) is 2.17. The van der Waals surface area contributed by atoms with Gasteiger partial charge in [-0.3, -0.25) is 0 Å². The molecule has 1 aliphatic rings. The normalized spacial score (nSPS) is 32.6. The number of rotatable bonds is 2. The van der Waals surface area contributed by atoms with Gasteiger partial charge in [0.15, 0.2) is 0 Å². The zero-order valence-electron chi connectivity index (χ0n) is 4.40. The number of hydrogen-bond donors (Lipinski definition) is 1. The molecule has 48 valence electrons. The van der Waals surface area contributed by atoms with E-state index in [4.69, 9.17) is 5.11 Å². The monoisotopic (exact) mass is 122 g/mol. The molecule has 0 aromatic rings. The Bertz CT molecular complexity index is 92.4. The quantitative estimate of drug-likeness (QED) is 0.579. The summed E-state index contributed by atoms with van der Waals surface area (Å²) < 4.78 is 23.7. The van der Waals surface area contributed by atoms with Crippen LogP contribution in [0.2, 0.25) is 0 Å². The lowest BCUT2D eigenvalue weighted by Crippen LogP contribution is -1.95. The zero-order valence-corrected chi connectivity index (χ0v) is 4.40. The van der Waals surface area contributed by atoms with Crippen molar-refractivity contribution in [2.45, 2.75) is 18.8 Å². The first-order chi connectivity index (χ1) is 3.67. The van der Waals surface area contributed by atoms with E-state index >= 15 is 0 Å². The first kappa shape index (κ1) is 5.95. The Morgan fingerprint density at radius 2 is 2.12 bits per heavy atom. The van der Waals surface area contributed by atoms with Crippen molar-refractivity contribution in [3.05, 3.63) is 0 Å². The summed E-state index contributed by atoms with van der Waals surface area (Å²) in [4.78, 5) is 0. The Balaban J connectivity index is 2.17. The average Bonchev–Trinajstić information content (AvgIpc) is 2.15. The highest BCUT2D eigenvalue weighted by molar-refractivity contribution is 4.94. The van der Waals surface area contributed by atoms with Crippen LogP contribution in [0, 0.1) is 5.92 Å². The summed E-state index contributed by atoms with van der Waals surface area (Å²) >= 11 is 0. The van der Waals surface area contributed by atoms with Gasteiger partial charge >= 0.3 is 0 Å². The van der Waals surface area contributed by atoms with E-state index in [1.165, 1.54) is 0 Å². The van der Waals surface area contributed by atoms with Crippen LogP contribution in [0.4, 0.5) is 8.78 Å². The van der Waals surface area contributed by atoms with Gasteiger partial charge in [0.2, 0.25) is 0 Å². The molecule has 0 unspecified atom stereocenters. The smallest absolute Gasteiger partial charge is 0.251 e. The maximum atomic E-state index is 11.9. The average molecular weight is 122 g/mol. The Morgan fingerprint density at radius 3 is 2.25 bits per heavy atom. The summed E-state index contributed by atoms with van der Waals surface area (Å²) in [5.74, 6) is -2.96. The Kier molecular flexibility index (Phi) is 1.23. The Hall–Kier alpha value is -0.180. The molecule has 0 aromatic carbocycles. The fourth-order valence-corrected chi connectivity index (χ4v) is 0.739. The van der Waals surface area contributed by atoms with Crippen molar-refractivity contribution in [2.75, 3.05) is 6.61 Å². The maximum absolute atomic E-state index is 11.9. The third kappa shape index (κ3) is 0.968. The van der Waals surface area contributed by atoms with Crippen molar-refractivity contribution >= 4 is 0 Å². The minimum atomic E-state index is -2.44. The summed E-state index contributed by atoms with van der Waals surface area (Å²) in [5, 5.41) is 8.18. The SMILES string of the molecule is OCC[C@@H]1CC1(F)F. The van der Waals surface area contributed by atoms with Crippen LogP contribution in [0.15, 0.2) is 0 Å². The van der Waals surface area contributed by atoms with Gasteiger partial charge in [-0.1, -0.05) is 0 Å². The number of alkyl halides is 2. The molecule has 1 N–H and O–H groups in total. The van der Waals surface area contributed by atoms with Crippen LogP contribution < -0.4 is 0 Å². The number of halogens is 2. The highest BCUT2D eigenvalue weighted by Crippen LogP contribution is 2.50. The number of hydrogen-bond acceptors (Lipinski definition) is 1. The van der Waals surface area contributed by atoms with Crippen LogP contribution in [0.3, 0.4) is 0 Å². The van der Waals surface area contributed by atoms with Gasteiger partial charge in [-0.05, 0) is 6.42 Å². The molecule has 0 amide bonds. The summed E-state index contributed by atoms with van der Waals surface area (Å²) in [6.07, 6.45) is 0.237. The van der Waals surface area contributed by atoms with Crippen molar-refractivity contribution < 1.29 is 13.9 Å². The highest BCUT2D eigenvalue weighted by Gasteiger charge is 2.55.